The second-order valence-corrected chi connectivity index (χ2v) is 6.39. The lowest BCUT2D eigenvalue weighted by atomic mass is 10.2. The highest BCUT2D eigenvalue weighted by atomic mass is 16.2. The van der Waals surface area contributed by atoms with E-state index in [-0.39, 0.29) is 6.03 Å². The lowest BCUT2D eigenvalue weighted by molar-refractivity contribution is 0.262. The molecule has 0 saturated heterocycles. The quantitative estimate of drug-likeness (QED) is 0.454. The van der Waals surface area contributed by atoms with Crippen LogP contribution in [0.15, 0.2) is 79.1 Å². The fraction of sp³-hybridized carbons (Fsp3) is 0.0455. The Hall–Kier alpha value is -3.93. The van der Waals surface area contributed by atoms with Crippen molar-refractivity contribution in [2.75, 3.05) is 16.0 Å². The predicted molar refractivity (Wildman–Crippen MR) is 113 cm³/mol. The molecule has 6 nitrogen and oxygen atoms in total. The number of hydrogen-bond acceptors (Lipinski definition) is 4. The lowest BCUT2D eigenvalue weighted by Crippen LogP contribution is -2.19. The number of fused-ring (bicyclic) bond motifs is 1. The van der Waals surface area contributed by atoms with E-state index in [2.05, 4.69) is 32.0 Å². The summed E-state index contributed by atoms with van der Waals surface area (Å²) in [5.74, 6) is 0.718. The number of urea groups is 1. The van der Waals surface area contributed by atoms with Gasteiger partial charge < -0.3 is 16.0 Å². The molecule has 0 atom stereocenters. The Labute approximate surface area is 162 Å². The highest BCUT2D eigenvalue weighted by Crippen LogP contribution is 2.25. The zero-order chi connectivity index (χ0) is 19.3. The minimum Gasteiger partial charge on any atom is -0.340 e. The number of anilines is 4. The zero-order valence-electron chi connectivity index (χ0n) is 15.3. The zero-order valence-corrected chi connectivity index (χ0v) is 15.3. The van der Waals surface area contributed by atoms with Gasteiger partial charge >= 0.3 is 6.03 Å². The number of hydrogen-bond donors (Lipinski definition) is 3. The molecule has 0 unspecified atom stereocenters. The number of aromatic nitrogens is 2. The van der Waals surface area contributed by atoms with Gasteiger partial charge in [0.2, 0.25) is 0 Å². The Balaban J connectivity index is 1.54. The molecule has 3 aromatic carbocycles. The highest BCUT2D eigenvalue weighted by molar-refractivity contribution is 6.01. The number of carbonyl (C=O) groups is 1. The first kappa shape index (κ1) is 17.5. The summed E-state index contributed by atoms with van der Waals surface area (Å²) in [6.07, 6.45) is 1.51. The van der Waals surface area contributed by atoms with Crippen LogP contribution in [0, 0.1) is 6.92 Å². The van der Waals surface area contributed by atoms with Crippen LogP contribution in [0.1, 0.15) is 5.56 Å². The summed E-state index contributed by atoms with van der Waals surface area (Å²) in [5, 5.41) is 9.82. The molecule has 0 spiro atoms. The maximum Gasteiger partial charge on any atom is 0.323 e. The van der Waals surface area contributed by atoms with Gasteiger partial charge in [0, 0.05) is 22.4 Å². The molecule has 4 aromatic rings. The third kappa shape index (κ3) is 4.07. The minimum absolute atomic E-state index is 0.308. The molecule has 3 N–H and O–H groups in total. The van der Waals surface area contributed by atoms with E-state index in [9.17, 15) is 4.79 Å². The Morgan fingerprint density at radius 3 is 2.39 bits per heavy atom. The Kier molecular flexibility index (Phi) is 4.84. The van der Waals surface area contributed by atoms with Crippen molar-refractivity contribution in [2.45, 2.75) is 6.92 Å². The van der Waals surface area contributed by atoms with E-state index >= 15 is 0 Å². The van der Waals surface area contributed by atoms with Crippen molar-refractivity contribution < 1.29 is 4.79 Å². The molecular formula is C22H19N5O. The van der Waals surface area contributed by atoms with Crippen LogP contribution in [0.25, 0.3) is 10.9 Å². The number of aryl methyl sites for hydroxylation is 1. The molecule has 0 fully saturated rings. The summed E-state index contributed by atoms with van der Waals surface area (Å²) in [7, 11) is 0. The van der Waals surface area contributed by atoms with Crippen LogP contribution in [-0.2, 0) is 0 Å². The van der Waals surface area contributed by atoms with Crippen LogP contribution in [-0.4, -0.2) is 16.0 Å². The molecule has 0 aliphatic carbocycles. The molecule has 0 bridgehead atoms. The molecule has 28 heavy (non-hydrogen) atoms. The summed E-state index contributed by atoms with van der Waals surface area (Å²) in [6, 6.07) is 22.6. The van der Waals surface area contributed by atoms with Crippen LogP contribution in [0.4, 0.5) is 27.7 Å². The van der Waals surface area contributed by atoms with Crippen molar-refractivity contribution in [3.05, 3.63) is 84.7 Å². The molecular weight excluding hydrogens is 350 g/mol. The number of para-hydroxylation sites is 1. The van der Waals surface area contributed by atoms with E-state index in [1.54, 1.807) is 0 Å². The van der Waals surface area contributed by atoms with Crippen molar-refractivity contribution >= 4 is 39.8 Å². The van der Waals surface area contributed by atoms with Gasteiger partial charge in [-0.05, 0) is 55.0 Å². The van der Waals surface area contributed by atoms with Crippen molar-refractivity contribution in [1.82, 2.24) is 9.97 Å². The predicted octanol–water partition coefficient (Wildman–Crippen LogP) is 5.33. The highest BCUT2D eigenvalue weighted by Gasteiger charge is 2.07. The van der Waals surface area contributed by atoms with Gasteiger partial charge in [0.15, 0.2) is 0 Å². The summed E-state index contributed by atoms with van der Waals surface area (Å²) in [6.45, 7) is 2.04. The molecule has 2 amide bonds. The van der Waals surface area contributed by atoms with E-state index in [1.807, 2.05) is 73.7 Å². The molecule has 0 radical (unpaired) electrons. The van der Waals surface area contributed by atoms with E-state index in [0.29, 0.717) is 5.69 Å². The molecule has 4 rings (SSSR count). The minimum atomic E-state index is -0.308. The Morgan fingerprint density at radius 2 is 1.57 bits per heavy atom. The monoisotopic (exact) mass is 369 g/mol. The summed E-state index contributed by atoms with van der Waals surface area (Å²) >= 11 is 0. The number of carbonyl (C=O) groups excluding carboxylic acids is 1. The molecule has 138 valence electrons. The van der Waals surface area contributed by atoms with Crippen LogP contribution in [0.2, 0.25) is 0 Å². The third-order valence-corrected chi connectivity index (χ3v) is 4.21. The topological polar surface area (TPSA) is 78.9 Å². The van der Waals surface area contributed by atoms with Crippen LogP contribution in [0.5, 0.6) is 0 Å². The van der Waals surface area contributed by atoms with Gasteiger partial charge in [-0.15, -0.1) is 0 Å². The van der Waals surface area contributed by atoms with Crippen LogP contribution >= 0.6 is 0 Å². The first-order valence-corrected chi connectivity index (χ1v) is 8.89. The maximum atomic E-state index is 12.2. The Morgan fingerprint density at radius 1 is 0.786 bits per heavy atom. The average molecular weight is 369 g/mol. The number of nitrogens with one attached hydrogen (secondary N) is 3. The first-order valence-electron chi connectivity index (χ1n) is 8.89. The van der Waals surface area contributed by atoms with Gasteiger partial charge in [-0.2, -0.15) is 0 Å². The SMILES string of the molecule is Cc1cccc(Nc2ncnc3cc(NC(=O)Nc4ccccc4)ccc23)c1. The summed E-state index contributed by atoms with van der Waals surface area (Å²) in [5.41, 5.74) is 4.25. The Bertz CT molecular complexity index is 1130. The van der Waals surface area contributed by atoms with Gasteiger partial charge in [0.25, 0.3) is 0 Å². The number of nitrogens with zero attached hydrogens (tertiary/aromatic N) is 2. The second-order valence-electron chi connectivity index (χ2n) is 6.39. The fourth-order valence-electron chi connectivity index (χ4n) is 2.91. The van der Waals surface area contributed by atoms with Crippen LogP contribution in [0.3, 0.4) is 0 Å². The van der Waals surface area contributed by atoms with E-state index in [1.165, 1.54) is 11.9 Å². The second kappa shape index (κ2) is 7.75. The van der Waals surface area contributed by atoms with E-state index in [0.717, 1.165) is 28.1 Å². The molecule has 0 aliphatic heterocycles. The molecule has 1 heterocycles. The maximum absolute atomic E-state index is 12.2. The van der Waals surface area contributed by atoms with Gasteiger partial charge in [-0.1, -0.05) is 30.3 Å². The lowest BCUT2D eigenvalue weighted by Gasteiger charge is -2.11. The first-order chi connectivity index (χ1) is 13.7. The van der Waals surface area contributed by atoms with E-state index in [4.69, 9.17) is 0 Å². The van der Waals surface area contributed by atoms with Gasteiger partial charge in [-0.25, -0.2) is 14.8 Å². The average Bonchev–Trinajstić information content (AvgIpc) is 2.69. The van der Waals surface area contributed by atoms with E-state index < -0.39 is 0 Å². The molecule has 1 aromatic heterocycles. The smallest absolute Gasteiger partial charge is 0.323 e. The van der Waals surface area contributed by atoms with Crippen molar-refractivity contribution in [3.63, 3.8) is 0 Å². The molecule has 6 heteroatoms. The molecule has 0 aliphatic rings. The van der Waals surface area contributed by atoms with Crippen molar-refractivity contribution in [3.8, 4) is 0 Å². The van der Waals surface area contributed by atoms with Gasteiger partial charge in [-0.3, -0.25) is 0 Å². The molecule has 0 saturated carbocycles. The summed E-state index contributed by atoms with van der Waals surface area (Å²) < 4.78 is 0. The number of amides is 2. The number of benzene rings is 3. The normalized spacial score (nSPS) is 10.5. The standard InChI is InChI=1S/C22H19N5O/c1-15-6-5-9-17(12-15)25-21-19-11-10-18(13-20(19)23-14-24-21)27-22(28)26-16-7-3-2-4-8-16/h2-14H,1H3,(H,23,24,25)(H2,26,27,28). The fourth-order valence-corrected chi connectivity index (χ4v) is 2.91. The van der Waals surface area contributed by atoms with Gasteiger partial charge in [0.05, 0.1) is 5.52 Å². The van der Waals surface area contributed by atoms with Crippen LogP contribution < -0.4 is 16.0 Å². The largest absolute Gasteiger partial charge is 0.340 e. The van der Waals surface area contributed by atoms with Gasteiger partial charge in [0.1, 0.15) is 12.1 Å². The van der Waals surface area contributed by atoms with Crippen molar-refractivity contribution in [1.29, 1.82) is 0 Å². The summed E-state index contributed by atoms with van der Waals surface area (Å²) in [4.78, 5) is 20.9. The third-order valence-electron chi connectivity index (χ3n) is 4.21. The van der Waals surface area contributed by atoms with Crippen molar-refractivity contribution in [2.24, 2.45) is 0 Å². The number of rotatable bonds is 4.